The fourth-order valence-corrected chi connectivity index (χ4v) is 4.12. The number of hydrogen-bond acceptors (Lipinski definition) is 4. The summed E-state index contributed by atoms with van der Waals surface area (Å²) in [5.74, 6) is -3.89. The van der Waals surface area contributed by atoms with Crippen LogP contribution in [-0.4, -0.2) is 57.3 Å². The lowest BCUT2D eigenvalue weighted by molar-refractivity contribution is -0.969. The molecule has 0 aliphatic heterocycles. The Morgan fingerprint density at radius 3 is 1.63 bits per heavy atom. The van der Waals surface area contributed by atoms with Gasteiger partial charge < -0.3 is 20.1 Å². The summed E-state index contributed by atoms with van der Waals surface area (Å²) in [5.41, 5.74) is 0. The van der Waals surface area contributed by atoms with Gasteiger partial charge in [0.25, 0.3) is 0 Å². The van der Waals surface area contributed by atoms with Gasteiger partial charge in [0.2, 0.25) is 0 Å². The second-order valence-electron chi connectivity index (χ2n) is 8.27. The zero-order chi connectivity index (χ0) is 23.2. The minimum absolute atomic E-state index is 0.101. The summed E-state index contributed by atoms with van der Waals surface area (Å²) in [7, 11) is 0. The summed E-state index contributed by atoms with van der Waals surface area (Å²) >= 11 is 0. The molecule has 174 valence electrons. The van der Waals surface area contributed by atoms with E-state index < -0.39 is 40.5 Å². The molecule has 0 saturated carbocycles. The predicted molar refractivity (Wildman–Crippen MR) is 115 cm³/mol. The van der Waals surface area contributed by atoms with Gasteiger partial charge in [-0.1, -0.05) is 64.0 Å². The molecule has 0 saturated heterocycles. The lowest BCUT2D eigenvalue weighted by Gasteiger charge is -2.49. The number of allylic oxidation sites excluding steroid dienone is 1. The Bertz CT molecular complexity index is 510. The molecule has 0 aromatic rings. The summed E-state index contributed by atoms with van der Waals surface area (Å²) in [4.78, 5) is 34.9. The van der Waals surface area contributed by atoms with Gasteiger partial charge in [-0.25, -0.2) is 9.59 Å². The number of rotatable bonds is 18. The highest BCUT2D eigenvalue weighted by Crippen LogP contribution is 2.26. The normalized spacial score (nSPS) is 16.7. The van der Waals surface area contributed by atoms with Gasteiger partial charge in [0.1, 0.15) is 6.04 Å². The number of carboxylic acid groups (broad SMARTS) is 3. The van der Waals surface area contributed by atoms with Gasteiger partial charge in [0.05, 0.1) is 12.5 Å². The Hall–Kier alpha value is -1.89. The van der Waals surface area contributed by atoms with Gasteiger partial charge in [0, 0.05) is 6.42 Å². The number of hydrogen-bond donors (Lipinski definition) is 2. The Morgan fingerprint density at radius 2 is 1.20 bits per heavy atom. The maximum Gasteiger partial charge on any atom is 0.362 e. The molecule has 0 fully saturated rings. The molecule has 0 aliphatic carbocycles. The lowest BCUT2D eigenvalue weighted by Crippen LogP contribution is -2.71. The first-order valence-electron chi connectivity index (χ1n) is 11.3. The molecular formula is C23H41NO6. The Labute approximate surface area is 181 Å². The number of nitrogens with zero attached hydrogens (tertiary/aromatic N) is 1. The standard InChI is InChI=1S/C23H41NO6/c1-5-6-7-8-9-10-11-12-13-14-15-16-17-24(18(2)21(25)26,19(3)22(27)28)20(4)23(29)30/h14-15,18-20H,5-13,16-17H2,1-4H3,(H2-,25,26,27,28,29,30)/b15-14+. The Morgan fingerprint density at radius 1 is 0.767 bits per heavy atom. The summed E-state index contributed by atoms with van der Waals surface area (Å²) < 4.78 is -0.588. The number of carbonyl (C=O) groups is 3. The van der Waals surface area contributed by atoms with E-state index in [0.29, 0.717) is 6.42 Å². The molecule has 0 heterocycles. The van der Waals surface area contributed by atoms with Crippen LogP contribution in [0.3, 0.4) is 0 Å². The fraction of sp³-hybridized carbons (Fsp3) is 0.783. The second-order valence-corrected chi connectivity index (χ2v) is 8.27. The van der Waals surface area contributed by atoms with Crippen LogP contribution in [0.1, 0.15) is 91.9 Å². The van der Waals surface area contributed by atoms with Gasteiger partial charge in [-0.05, 0) is 33.6 Å². The van der Waals surface area contributed by atoms with E-state index in [2.05, 4.69) is 6.92 Å². The topological polar surface area (TPSA) is 115 Å². The molecule has 3 atom stereocenters. The van der Waals surface area contributed by atoms with E-state index in [1.807, 2.05) is 12.2 Å². The van der Waals surface area contributed by atoms with Gasteiger partial charge in [-0.15, -0.1) is 0 Å². The average Bonchev–Trinajstić information content (AvgIpc) is 2.70. The predicted octanol–water partition coefficient (Wildman–Crippen LogP) is 3.36. The van der Waals surface area contributed by atoms with Crippen LogP contribution in [0.2, 0.25) is 0 Å². The third-order valence-electron chi connectivity index (χ3n) is 6.29. The first-order chi connectivity index (χ1) is 14.1. The van der Waals surface area contributed by atoms with Crippen molar-refractivity contribution in [1.29, 1.82) is 0 Å². The molecule has 0 radical (unpaired) electrons. The van der Waals surface area contributed by atoms with Crippen molar-refractivity contribution in [3.8, 4) is 0 Å². The molecule has 7 heteroatoms. The lowest BCUT2D eigenvalue weighted by atomic mass is 10.0. The van der Waals surface area contributed by atoms with Crippen molar-refractivity contribution < 1.29 is 34.2 Å². The molecule has 0 aromatic heterocycles. The van der Waals surface area contributed by atoms with E-state index in [9.17, 15) is 29.7 Å². The maximum absolute atomic E-state index is 11.7. The highest BCUT2D eigenvalue weighted by atomic mass is 16.4. The molecule has 0 rings (SSSR count). The summed E-state index contributed by atoms with van der Waals surface area (Å²) in [5, 5.41) is 30.6. The smallest absolute Gasteiger partial charge is 0.362 e. The van der Waals surface area contributed by atoms with E-state index in [1.165, 1.54) is 65.7 Å². The maximum atomic E-state index is 11.7. The van der Waals surface area contributed by atoms with Crippen LogP contribution in [0.15, 0.2) is 12.2 Å². The third kappa shape index (κ3) is 8.86. The molecule has 0 amide bonds. The van der Waals surface area contributed by atoms with Crippen molar-refractivity contribution in [3.63, 3.8) is 0 Å². The summed E-state index contributed by atoms with van der Waals surface area (Å²) in [6.07, 6.45) is 15.2. The summed E-state index contributed by atoms with van der Waals surface area (Å²) in [6, 6.07) is -3.64. The SMILES string of the molecule is CCCCCCCCCC/C=C/CC[N+](C(C)C(=O)[O-])(C(C)C(=O)O)C(C)C(=O)O. The molecule has 2 N–H and O–H groups in total. The van der Waals surface area contributed by atoms with Crippen molar-refractivity contribution in [2.45, 2.75) is 110 Å². The van der Waals surface area contributed by atoms with E-state index in [-0.39, 0.29) is 6.54 Å². The number of aliphatic carboxylic acids is 3. The first kappa shape index (κ1) is 28.1. The monoisotopic (exact) mass is 427 g/mol. The molecule has 0 spiro atoms. The second kappa shape index (κ2) is 15.0. The zero-order valence-electron chi connectivity index (χ0n) is 19.1. The molecular weight excluding hydrogens is 386 g/mol. The number of carboxylic acids is 3. The van der Waals surface area contributed by atoms with Crippen molar-refractivity contribution in [3.05, 3.63) is 12.2 Å². The molecule has 30 heavy (non-hydrogen) atoms. The van der Waals surface area contributed by atoms with Crippen LogP contribution in [0.5, 0.6) is 0 Å². The first-order valence-corrected chi connectivity index (χ1v) is 11.3. The van der Waals surface area contributed by atoms with Crippen molar-refractivity contribution in [2.24, 2.45) is 0 Å². The molecule has 0 aromatic carbocycles. The number of unbranched alkanes of at least 4 members (excludes halogenated alkanes) is 8. The van der Waals surface area contributed by atoms with Crippen LogP contribution in [0.25, 0.3) is 0 Å². The van der Waals surface area contributed by atoms with Gasteiger partial charge >= 0.3 is 11.9 Å². The van der Waals surface area contributed by atoms with E-state index in [4.69, 9.17) is 0 Å². The van der Waals surface area contributed by atoms with Crippen molar-refractivity contribution in [2.75, 3.05) is 6.54 Å². The van der Waals surface area contributed by atoms with E-state index in [1.54, 1.807) is 0 Å². The largest absolute Gasteiger partial charge is 0.544 e. The number of quaternary nitrogens is 1. The third-order valence-corrected chi connectivity index (χ3v) is 6.29. The minimum Gasteiger partial charge on any atom is -0.544 e. The molecule has 3 unspecified atom stereocenters. The summed E-state index contributed by atoms with van der Waals surface area (Å²) in [6.45, 7) is 6.37. The average molecular weight is 428 g/mol. The van der Waals surface area contributed by atoms with Crippen LogP contribution in [0, 0.1) is 0 Å². The Balaban J connectivity index is 4.83. The zero-order valence-corrected chi connectivity index (χ0v) is 19.1. The van der Waals surface area contributed by atoms with Crippen molar-refractivity contribution in [1.82, 2.24) is 0 Å². The van der Waals surface area contributed by atoms with Gasteiger partial charge in [-0.3, -0.25) is 4.48 Å². The minimum atomic E-state index is -1.45. The highest BCUT2D eigenvalue weighted by Gasteiger charge is 2.50. The molecule has 0 aliphatic rings. The van der Waals surface area contributed by atoms with Crippen LogP contribution in [0.4, 0.5) is 0 Å². The van der Waals surface area contributed by atoms with E-state index >= 15 is 0 Å². The molecule has 0 bridgehead atoms. The van der Waals surface area contributed by atoms with Crippen LogP contribution < -0.4 is 5.11 Å². The number of carbonyl (C=O) groups excluding carboxylic acids is 1. The Kier molecular flexibility index (Phi) is 14.0. The van der Waals surface area contributed by atoms with Crippen LogP contribution >= 0.6 is 0 Å². The highest BCUT2D eigenvalue weighted by molar-refractivity contribution is 5.76. The van der Waals surface area contributed by atoms with E-state index in [0.717, 1.165) is 12.8 Å². The van der Waals surface area contributed by atoms with Gasteiger partial charge in [0.15, 0.2) is 12.1 Å². The van der Waals surface area contributed by atoms with Crippen molar-refractivity contribution >= 4 is 17.9 Å². The fourth-order valence-electron chi connectivity index (χ4n) is 4.12. The molecule has 7 nitrogen and oxygen atoms in total. The van der Waals surface area contributed by atoms with Crippen LogP contribution in [-0.2, 0) is 14.4 Å². The quantitative estimate of drug-likeness (QED) is 0.197. The van der Waals surface area contributed by atoms with Gasteiger partial charge in [-0.2, -0.15) is 0 Å².